The number of nitriles is 1. The molecule has 0 unspecified atom stereocenters. The van der Waals surface area contributed by atoms with E-state index in [1.54, 1.807) is 25.3 Å². The third-order valence-electron chi connectivity index (χ3n) is 6.37. The van der Waals surface area contributed by atoms with Crippen molar-refractivity contribution in [3.63, 3.8) is 0 Å². The van der Waals surface area contributed by atoms with Crippen LogP contribution in [-0.2, 0) is 14.3 Å². The fourth-order valence-electron chi connectivity index (χ4n) is 4.68. The number of aromatic nitrogens is 2. The lowest BCUT2D eigenvalue weighted by atomic mass is 9.88. The van der Waals surface area contributed by atoms with Crippen LogP contribution in [0.5, 0.6) is 0 Å². The predicted octanol–water partition coefficient (Wildman–Crippen LogP) is 9.47. The second kappa shape index (κ2) is 18.7. The lowest BCUT2D eigenvalue weighted by molar-refractivity contribution is -0.164. The van der Waals surface area contributed by atoms with Crippen LogP contribution in [0.15, 0.2) is 53.1 Å². The number of ether oxygens (including phenoxy) is 2. The van der Waals surface area contributed by atoms with Gasteiger partial charge in [-0.15, -0.1) is 0 Å². The molecule has 248 valence electrons. The lowest BCUT2D eigenvalue weighted by Crippen LogP contribution is -2.29. The summed E-state index contributed by atoms with van der Waals surface area (Å²) >= 11 is 3.53. The summed E-state index contributed by atoms with van der Waals surface area (Å²) in [6.45, 7) is 19.4. The van der Waals surface area contributed by atoms with Gasteiger partial charge in [0.25, 0.3) is 0 Å². The van der Waals surface area contributed by atoms with Crippen molar-refractivity contribution >= 4 is 24.3 Å². The number of aryl methyl sites for hydroxylation is 3. The number of hydrogen-bond donors (Lipinski definition) is 2. The van der Waals surface area contributed by atoms with Crippen molar-refractivity contribution in [2.45, 2.75) is 87.4 Å². The van der Waals surface area contributed by atoms with Crippen molar-refractivity contribution in [1.82, 2.24) is 10.1 Å². The molecule has 8 nitrogen and oxygen atoms in total. The second-order valence-corrected chi connectivity index (χ2v) is 11.1. The van der Waals surface area contributed by atoms with E-state index in [1.807, 2.05) is 84.9 Å². The number of hydrogen-bond acceptors (Lipinski definition) is 9. The van der Waals surface area contributed by atoms with Gasteiger partial charge in [-0.3, -0.25) is 4.98 Å². The quantitative estimate of drug-likeness (QED) is 0.121. The van der Waals surface area contributed by atoms with Gasteiger partial charge in [-0.05, 0) is 71.1 Å². The molecule has 4 aromatic rings. The van der Waals surface area contributed by atoms with Crippen LogP contribution >= 0.6 is 12.6 Å². The number of benzene rings is 2. The maximum Gasteiger partial charge on any atom is 0.339 e. The van der Waals surface area contributed by atoms with Crippen molar-refractivity contribution in [2.24, 2.45) is 0 Å². The molecule has 2 aromatic heterocycles. The third kappa shape index (κ3) is 9.93. The minimum atomic E-state index is -1.10. The summed E-state index contributed by atoms with van der Waals surface area (Å²) in [5, 5.41) is 14.5. The van der Waals surface area contributed by atoms with Gasteiger partial charge in [0.2, 0.25) is 0 Å². The van der Waals surface area contributed by atoms with Crippen LogP contribution in [0.3, 0.4) is 0 Å². The van der Waals surface area contributed by atoms with E-state index in [0.717, 1.165) is 28.1 Å². The highest BCUT2D eigenvalue weighted by atomic mass is 32.1. The Balaban J connectivity index is 0.00000140. The summed E-state index contributed by atoms with van der Waals surface area (Å²) in [4.78, 5) is 17.9. The third-order valence-corrected chi connectivity index (χ3v) is 6.37. The van der Waals surface area contributed by atoms with E-state index in [0.29, 0.717) is 39.3 Å². The van der Waals surface area contributed by atoms with Gasteiger partial charge >= 0.3 is 5.97 Å². The molecule has 0 radical (unpaired) electrons. The zero-order valence-electron chi connectivity index (χ0n) is 29.4. The molecule has 0 aliphatic carbocycles. The van der Waals surface area contributed by atoms with E-state index in [2.05, 4.69) is 37.7 Å². The number of nitrogen functional groups attached to an aromatic ring is 1. The first kappa shape index (κ1) is 39.9. The van der Waals surface area contributed by atoms with Crippen molar-refractivity contribution in [3.8, 4) is 39.6 Å². The number of esters is 1. The van der Waals surface area contributed by atoms with Crippen LogP contribution in [0, 0.1) is 32.1 Å². The molecule has 46 heavy (non-hydrogen) atoms. The maximum absolute atomic E-state index is 13.0. The Morgan fingerprint density at radius 1 is 0.935 bits per heavy atom. The number of nitrogens with two attached hydrogens (primary N) is 1. The molecule has 0 saturated carbocycles. The summed E-state index contributed by atoms with van der Waals surface area (Å²) in [6, 6.07) is 17.3. The number of carbonyl (C=O) groups excluding carboxylic acids is 1. The normalized spacial score (nSPS) is 11.0. The average Bonchev–Trinajstić information content (AvgIpc) is 3.38. The van der Waals surface area contributed by atoms with E-state index in [4.69, 9.17) is 24.7 Å². The standard InChI is InChI=1S/C31H32N4O4.C3H8.C2H6.CH4S/c1-17-26(29(30(36)37-7)38-31(4,5)6)27(21-12-14-23(33)15-13-21)24(16-32)28(34-17)22-10-8-20(9-11-22)25-18(2)35-39-19(25)3;1-3-2;2*1-2/h8-15,29H,33H2,1-7H3;3H2,1-2H3;1-2H3;2H,1H3/t29-;;;/m0.../s1. The molecular weight excluding hydrogens is 596 g/mol. The molecule has 0 saturated heterocycles. The van der Waals surface area contributed by atoms with Crippen LogP contribution < -0.4 is 5.73 Å². The Bertz CT molecular complexity index is 1560. The fraction of sp³-hybridized carbons (Fsp3) is 0.405. The highest BCUT2D eigenvalue weighted by molar-refractivity contribution is 7.79. The molecule has 0 amide bonds. The monoisotopic (exact) mass is 646 g/mol. The Morgan fingerprint density at radius 3 is 1.85 bits per heavy atom. The molecule has 2 aromatic carbocycles. The van der Waals surface area contributed by atoms with Crippen molar-refractivity contribution in [3.05, 3.63) is 76.8 Å². The molecule has 2 N–H and O–H groups in total. The molecule has 0 aliphatic rings. The lowest BCUT2D eigenvalue weighted by Gasteiger charge is -2.29. The zero-order valence-corrected chi connectivity index (χ0v) is 30.3. The fourth-order valence-corrected chi connectivity index (χ4v) is 4.68. The first-order chi connectivity index (χ1) is 21.9. The molecule has 2 heterocycles. The number of thiol groups is 1. The Labute approximate surface area is 280 Å². The van der Waals surface area contributed by atoms with Crippen LogP contribution in [0.4, 0.5) is 5.69 Å². The molecule has 1 atom stereocenters. The number of carbonyl (C=O) groups is 1. The SMILES string of the molecule is CC.CCC.COC(=O)[C@@H](OC(C)(C)C)c1c(C)nc(-c2ccc(-c3c(C)noc3C)cc2)c(C#N)c1-c1ccc(N)cc1.CS. The van der Waals surface area contributed by atoms with Gasteiger partial charge < -0.3 is 19.7 Å². The second-order valence-electron chi connectivity index (χ2n) is 11.1. The van der Waals surface area contributed by atoms with Crippen molar-refractivity contribution < 1.29 is 18.8 Å². The van der Waals surface area contributed by atoms with Crippen LogP contribution in [0.2, 0.25) is 0 Å². The maximum atomic E-state index is 13.0. The molecule has 0 fully saturated rings. The Morgan fingerprint density at radius 2 is 1.41 bits per heavy atom. The molecular formula is C37H50N4O4S. The zero-order chi connectivity index (χ0) is 35.2. The average molecular weight is 647 g/mol. The summed E-state index contributed by atoms with van der Waals surface area (Å²) in [7, 11) is 1.31. The van der Waals surface area contributed by atoms with E-state index < -0.39 is 17.7 Å². The van der Waals surface area contributed by atoms with E-state index in [-0.39, 0.29) is 0 Å². The smallest absolute Gasteiger partial charge is 0.339 e. The van der Waals surface area contributed by atoms with Gasteiger partial charge in [0.15, 0.2) is 6.10 Å². The first-order valence-electron chi connectivity index (χ1n) is 15.4. The topological polar surface area (TPSA) is 124 Å². The first-order valence-corrected chi connectivity index (χ1v) is 16.3. The number of pyridine rings is 1. The Kier molecular flexibility index (Phi) is 16.3. The Hall–Kier alpha value is -4.13. The number of methoxy groups -OCH3 is 1. The van der Waals surface area contributed by atoms with Gasteiger partial charge in [0.1, 0.15) is 11.8 Å². The summed E-state index contributed by atoms with van der Waals surface area (Å²) < 4.78 is 16.7. The van der Waals surface area contributed by atoms with Gasteiger partial charge in [-0.1, -0.05) is 75.7 Å². The molecule has 9 heteroatoms. The van der Waals surface area contributed by atoms with Crippen LogP contribution in [-0.4, -0.2) is 35.1 Å². The van der Waals surface area contributed by atoms with E-state index in [1.165, 1.54) is 13.5 Å². The van der Waals surface area contributed by atoms with Crippen molar-refractivity contribution in [1.29, 1.82) is 5.26 Å². The van der Waals surface area contributed by atoms with Gasteiger partial charge in [-0.2, -0.15) is 17.9 Å². The molecule has 4 rings (SSSR count). The van der Waals surface area contributed by atoms with Crippen LogP contribution in [0.25, 0.3) is 33.5 Å². The summed E-state index contributed by atoms with van der Waals surface area (Å²) in [6.07, 6.45) is 1.85. The number of rotatable bonds is 6. The predicted molar refractivity (Wildman–Crippen MR) is 192 cm³/mol. The van der Waals surface area contributed by atoms with Gasteiger partial charge in [0, 0.05) is 33.6 Å². The van der Waals surface area contributed by atoms with Gasteiger partial charge in [-0.25, -0.2) is 4.79 Å². The highest BCUT2D eigenvalue weighted by Crippen LogP contribution is 2.41. The minimum absolute atomic E-state index is 0.317. The van der Waals surface area contributed by atoms with Gasteiger partial charge in [0.05, 0.1) is 29.7 Å². The van der Waals surface area contributed by atoms with Crippen molar-refractivity contribution in [2.75, 3.05) is 19.1 Å². The largest absolute Gasteiger partial charge is 0.467 e. The highest BCUT2D eigenvalue weighted by Gasteiger charge is 2.34. The molecule has 0 aliphatic heterocycles. The minimum Gasteiger partial charge on any atom is -0.467 e. The summed E-state index contributed by atoms with van der Waals surface area (Å²) in [5.74, 6) is 0.154. The van der Waals surface area contributed by atoms with E-state index in [9.17, 15) is 10.1 Å². The van der Waals surface area contributed by atoms with Crippen LogP contribution in [0.1, 0.15) is 89.3 Å². The summed E-state index contributed by atoms with van der Waals surface area (Å²) in [5.41, 5.74) is 12.4. The molecule has 0 bridgehead atoms. The number of nitrogens with zero attached hydrogens (tertiary/aromatic N) is 3. The molecule has 0 spiro atoms. The number of anilines is 1. The van der Waals surface area contributed by atoms with E-state index >= 15 is 0 Å².